The van der Waals surface area contributed by atoms with Crippen molar-refractivity contribution in [2.45, 2.75) is 26.7 Å². The number of hydrogen-bond donors (Lipinski definition) is 0. The Morgan fingerprint density at radius 1 is 1.44 bits per heavy atom. The predicted molar refractivity (Wildman–Crippen MR) is 71.7 cm³/mol. The Kier molecular flexibility index (Phi) is 4.24. The van der Waals surface area contributed by atoms with Gasteiger partial charge in [-0.1, -0.05) is 25.1 Å². The summed E-state index contributed by atoms with van der Waals surface area (Å²) in [6.45, 7) is 6.08. The largest absolute Gasteiger partial charge is 0.484 e. The first-order chi connectivity index (χ1) is 8.66. The summed E-state index contributed by atoms with van der Waals surface area (Å²) in [6, 6.07) is 7.79. The first-order valence-electron chi connectivity index (χ1n) is 6.63. The Hall–Kier alpha value is -1.51. The minimum atomic E-state index is 0.102. The van der Waals surface area contributed by atoms with Gasteiger partial charge in [0.25, 0.3) is 5.91 Å². The Labute approximate surface area is 109 Å². The average molecular weight is 247 g/mol. The Morgan fingerprint density at radius 3 is 2.94 bits per heavy atom. The van der Waals surface area contributed by atoms with Gasteiger partial charge in [0, 0.05) is 13.1 Å². The van der Waals surface area contributed by atoms with Gasteiger partial charge in [-0.25, -0.2) is 0 Å². The summed E-state index contributed by atoms with van der Waals surface area (Å²) in [7, 11) is 0. The van der Waals surface area contributed by atoms with Gasteiger partial charge in [-0.2, -0.15) is 0 Å². The fourth-order valence-electron chi connectivity index (χ4n) is 2.37. The number of carbonyl (C=O) groups is 1. The van der Waals surface area contributed by atoms with Crippen LogP contribution in [0.1, 0.15) is 25.3 Å². The second kappa shape index (κ2) is 5.89. The molecule has 1 aliphatic rings. The summed E-state index contributed by atoms with van der Waals surface area (Å²) in [5, 5.41) is 0. The Bertz CT molecular complexity index is 417. The van der Waals surface area contributed by atoms with E-state index >= 15 is 0 Å². The molecule has 0 aromatic heterocycles. The molecule has 1 saturated heterocycles. The molecule has 1 aromatic rings. The number of ether oxygens (including phenoxy) is 1. The van der Waals surface area contributed by atoms with Crippen LogP contribution in [0.3, 0.4) is 0 Å². The first kappa shape index (κ1) is 12.9. The van der Waals surface area contributed by atoms with Gasteiger partial charge in [0.15, 0.2) is 6.61 Å². The third kappa shape index (κ3) is 3.25. The number of piperidine rings is 1. The molecule has 1 fully saturated rings. The van der Waals surface area contributed by atoms with Crippen LogP contribution in [0, 0.1) is 12.8 Å². The van der Waals surface area contributed by atoms with Crippen LogP contribution in [-0.4, -0.2) is 30.5 Å². The van der Waals surface area contributed by atoms with Crippen molar-refractivity contribution in [3.8, 4) is 5.75 Å². The maximum Gasteiger partial charge on any atom is 0.260 e. The monoisotopic (exact) mass is 247 g/mol. The zero-order chi connectivity index (χ0) is 13.0. The highest BCUT2D eigenvalue weighted by Crippen LogP contribution is 2.18. The zero-order valence-electron chi connectivity index (χ0n) is 11.2. The zero-order valence-corrected chi connectivity index (χ0v) is 11.2. The van der Waals surface area contributed by atoms with E-state index in [4.69, 9.17) is 4.74 Å². The van der Waals surface area contributed by atoms with Crippen molar-refractivity contribution in [3.63, 3.8) is 0 Å². The number of amides is 1. The van der Waals surface area contributed by atoms with Gasteiger partial charge in [-0.05, 0) is 37.3 Å². The van der Waals surface area contributed by atoms with Crippen LogP contribution >= 0.6 is 0 Å². The molecule has 0 saturated carbocycles. The maximum atomic E-state index is 12.0. The Balaban J connectivity index is 1.86. The molecule has 0 spiro atoms. The van der Waals surface area contributed by atoms with Gasteiger partial charge in [0.2, 0.25) is 0 Å². The second-order valence-electron chi connectivity index (χ2n) is 5.14. The van der Waals surface area contributed by atoms with E-state index in [-0.39, 0.29) is 12.5 Å². The molecule has 0 N–H and O–H groups in total. The number of aryl methyl sites for hydroxylation is 1. The van der Waals surface area contributed by atoms with Gasteiger partial charge in [-0.15, -0.1) is 0 Å². The number of nitrogens with zero attached hydrogens (tertiary/aromatic N) is 1. The molecule has 1 heterocycles. The van der Waals surface area contributed by atoms with Crippen molar-refractivity contribution in [3.05, 3.63) is 29.8 Å². The smallest absolute Gasteiger partial charge is 0.260 e. The van der Waals surface area contributed by atoms with Crippen molar-refractivity contribution in [1.29, 1.82) is 0 Å². The minimum Gasteiger partial charge on any atom is -0.484 e. The van der Waals surface area contributed by atoms with E-state index in [0.29, 0.717) is 5.92 Å². The molecular weight excluding hydrogens is 226 g/mol. The molecule has 1 aromatic carbocycles. The van der Waals surface area contributed by atoms with E-state index in [9.17, 15) is 4.79 Å². The fraction of sp³-hybridized carbons (Fsp3) is 0.533. The molecule has 1 amide bonds. The van der Waals surface area contributed by atoms with Crippen molar-refractivity contribution in [2.24, 2.45) is 5.92 Å². The van der Waals surface area contributed by atoms with Crippen molar-refractivity contribution >= 4 is 5.91 Å². The molecule has 1 aliphatic heterocycles. The Morgan fingerprint density at radius 2 is 2.22 bits per heavy atom. The van der Waals surface area contributed by atoms with Gasteiger partial charge in [-0.3, -0.25) is 4.79 Å². The highest BCUT2D eigenvalue weighted by atomic mass is 16.5. The number of likely N-dealkylation sites (tertiary alicyclic amines) is 1. The minimum absolute atomic E-state index is 0.102. The number of hydrogen-bond acceptors (Lipinski definition) is 2. The first-order valence-corrected chi connectivity index (χ1v) is 6.63. The summed E-state index contributed by atoms with van der Waals surface area (Å²) in [6.07, 6.45) is 2.33. The lowest BCUT2D eigenvalue weighted by Crippen LogP contribution is -2.41. The van der Waals surface area contributed by atoms with E-state index in [1.54, 1.807) is 0 Å². The molecule has 1 atom stereocenters. The van der Waals surface area contributed by atoms with Gasteiger partial charge < -0.3 is 9.64 Å². The molecular formula is C15H21NO2. The quantitative estimate of drug-likeness (QED) is 0.821. The van der Waals surface area contributed by atoms with Crippen LogP contribution < -0.4 is 4.74 Å². The van der Waals surface area contributed by atoms with E-state index in [0.717, 1.165) is 30.8 Å². The van der Waals surface area contributed by atoms with E-state index in [2.05, 4.69) is 6.92 Å². The van der Waals surface area contributed by atoms with Gasteiger partial charge >= 0.3 is 0 Å². The number of benzene rings is 1. The van der Waals surface area contributed by atoms with Gasteiger partial charge in [0.1, 0.15) is 5.75 Å². The van der Waals surface area contributed by atoms with Crippen molar-refractivity contribution in [2.75, 3.05) is 19.7 Å². The lowest BCUT2D eigenvalue weighted by molar-refractivity contribution is -0.135. The SMILES string of the molecule is Cc1ccccc1OCC(=O)N1CCCC(C)C1. The molecule has 0 bridgehead atoms. The average Bonchev–Trinajstić information content (AvgIpc) is 2.37. The molecule has 18 heavy (non-hydrogen) atoms. The lowest BCUT2D eigenvalue weighted by Gasteiger charge is -2.30. The molecule has 1 unspecified atom stereocenters. The van der Waals surface area contributed by atoms with Crippen molar-refractivity contribution in [1.82, 2.24) is 4.90 Å². The molecule has 0 aliphatic carbocycles. The molecule has 3 nitrogen and oxygen atoms in total. The maximum absolute atomic E-state index is 12.0. The lowest BCUT2D eigenvalue weighted by atomic mass is 10.0. The summed E-state index contributed by atoms with van der Waals surface area (Å²) in [5.74, 6) is 1.52. The summed E-state index contributed by atoms with van der Waals surface area (Å²) in [4.78, 5) is 14.0. The predicted octanol–water partition coefficient (Wildman–Crippen LogP) is 2.63. The standard InChI is InChI=1S/C15H21NO2/c1-12-6-5-9-16(10-12)15(17)11-18-14-8-4-3-7-13(14)2/h3-4,7-8,12H,5-6,9-11H2,1-2H3. The van der Waals surface area contributed by atoms with Crippen molar-refractivity contribution < 1.29 is 9.53 Å². The number of para-hydroxylation sites is 1. The van der Waals surface area contributed by atoms with Crippen LogP contribution in [0.5, 0.6) is 5.75 Å². The topological polar surface area (TPSA) is 29.5 Å². The highest BCUT2D eigenvalue weighted by Gasteiger charge is 2.21. The van der Waals surface area contributed by atoms with Crippen LogP contribution in [0.15, 0.2) is 24.3 Å². The van der Waals surface area contributed by atoms with E-state index in [1.807, 2.05) is 36.1 Å². The molecule has 0 radical (unpaired) electrons. The third-order valence-electron chi connectivity index (χ3n) is 3.45. The third-order valence-corrected chi connectivity index (χ3v) is 3.45. The van der Waals surface area contributed by atoms with Crippen LogP contribution in [-0.2, 0) is 4.79 Å². The number of rotatable bonds is 3. The second-order valence-corrected chi connectivity index (χ2v) is 5.14. The number of carbonyl (C=O) groups excluding carboxylic acids is 1. The normalized spacial score (nSPS) is 19.7. The highest BCUT2D eigenvalue weighted by molar-refractivity contribution is 5.77. The van der Waals surface area contributed by atoms with E-state index in [1.165, 1.54) is 6.42 Å². The molecule has 3 heteroatoms. The molecule has 2 rings (SSSR count). The van der Waals surface area contributed by atoms with Gasteiger partial charge in [0.05, 0.1) is 0 Å². The van der Waals surface area contributed by atoms with Crippen LogP contribution in [0.2, 0.25) is 0 Å². The fourth-order valence-corrected chi connectivity index (χ4v) is 2.37. The summed E-state index contributed by atoms with van der Waals surface area (Å²) < 4.78 is 5.60. The van der Waals surface area contributed by atoms with Crippen LogP contribution in [0.4, 0.5) is 0 Å². The van der Waals surface area contributed by atoms with Crippen LogP contribution in [0.25, 0.3) is 0 Å². The summed E-state index contributed by atoms with van der Waals surface area (Å²) >= 11 is 0. The summed E-state index contributed by atoms with van der Waals surface area (Å²) in [5.41, 5.74) is 1.07. The molecule has 98 valence electrons. The van der Waals surface area contributed by atoms with E-state index < -0.39 is 0 Å².